The highest BCUT2D eigenvalue weighted by molar-refractivity contribution is 5.34. The van der Waals surface area contributed by atoms with Gasteiger partial charge in [-0.05, 0) is 54.9 Å². The Balaban J connectivity index is 1.69. The van der Waals surface area contributed by atoms with Crippen LogP contribution >= 0.6 is 0 Å². The number of aryl methyl sites for hydroxylation is 1. The van der Waals surface area contributed by atoms with E-state index in [1.54, 1.807) is 5.56 Å². The van der Waals surface area contributed by atoms with Crippen LogP contribution in [0, 0.1) is 6.92 Å². The molecular formula is C19H23N. The molecule has 1 fully saturated rings. The van der Waals surface area contributed by atoms with E-state index in [-0.39, 0.29) is 0 Å². The molecule has 1 N–H and O–H groups in total. The van der Waals surface area contributed by atoms with Crippen LogP contribution in [0.2, 0.25) is 0 Å². The summed E-state index contributed by atoms with van der Waals surface area (Å²) in [4.78, 5) is 0. The van der Waals surface area contributed by atoms with Gasteiger partial charge in [-0.1, -0.05) is 48.5 Å². The topological polar surface area (TPSA) is 12.0 Å². The van der Waals surface area contributed by atoms with E-state index in [0.717, 1.165) is 12.5 Å². The molecule has 104 valence electrons. The lowest BCUT2D eigenvalue weighted by atomic mass is 10.0. The first-order valence-electron chi connectivity index (χ1n) is 7.62. The third-order valence-corrected chi connectivity index (χ3v) is 4.33. The predicted octanol–water partition coefficient (Wildman–Crippen LogP) is 4.72. The van der Waals surface area contributed by atoms with Gasteiger partial charge in [-0.2, -0.15) is 0 Å². The van der Waals surface area contributed by atoms with Gasteiger partial charge in [0.15, 0.2) is 0 Å². The van der Waals surface area contributed by atoms with Gasteiger partial charge in [0.25, 0.3) is 0 Å². The molecule has 2 aromatic carbocycles. The summed E-state index contributed by atoms with van der Waals surface area (Å²) in [5.41, 5.74) is 5.78. The monoisotopic (exact) mass is 265 g/mol. The van der Waals surface area contributed by atoms with Crippen molar-refractivity contribution in [2.75, 3.05) is 0 Å². The third-order valence-electron chi connectivity index (χ3n) is 4.33. The number of nitrogens with one attached hydrogen (secondary N) is 1. The molecule has 1 heteroatoms. The molecule has 1 aliphatic rings. The molecule has 0 saturated heterocycles. The lowest BCUT2D eigenvalue weighted by Gasteiger charge is -2.18. The zero-order valence-corrected chi connectivity index (χ0v) is 12.4. The van der Waals surface area contributed by atoms with Crippen molar-refractivity contribution in [1.82, 2.24) is 5.32 Å². The van der Waals surface area contributed by atoms with Gasteiger partial charge in [-0.3, -0.25) is 0 Å². The fourth-order valence-electron chi connectivity index (χ4n) is 2.93. The summed E-state index contributed by atoms with van der Waals surface area (Å²) in [6.07, 6.45) is 2.73. The molecule has 1 aliphatic carbocycles. The Kier molecular flexibility index (Phi) is 3.88. The molecule has 0 radical (unpaired) electrons. The minimum Gasteiger partial charge on any atom is -0.306 e. The van der Waals surface area contributed by atoms with E-state index in [1.165, 1.54) is 29.5 Å². The maximum atomic E-state index is 3.68. The molecule has 0 heterocycles. The van der Waals surface area contributed by atoms with Crippen molar-refractivity contribution >= 4 is 0 Å². The minimum atomic E-state index is 0.392. The van der Waals surface area contributed by atoms with E-state index in [2.05, 4.69) is 67.7 Å². The molecular weight excluding hydrogens is 242 g/mol. The first-order chi connectivity index (χ1) is 9.75. The highest BCUT2D eigenvalue weighted by Gasteiger charge is 2.25. The fraction of sp³-hybridized carbons (Fsp3) is 0.368. The number of hydrogen-bond donors (Lipinski definition) is 1. The standard InChI is InChI=1S/C19H23N/c1-14-7-3-5-9-18(14)15(2)20-13-17-8-4-6-10-19(17)16-11-12-16/h3-10,15-16,20H,11-13H2,1-2H3. The molecule has 0 aromatic heterocycles. The number of benzene rings is 2. The summed E-state index contributed by atoms with van der Waals surface area (Å²) in [7, 11) is 0. The van der Waals surface area contributed by atoms with Gasteiger partial charge in [0, 0.05) is 12.6 Å². The predicted molar refractivity (Wildman–Crippen MR) is 84.9 cm³/mol. The second kappa shape index (κ2) is 5.80. The van der Waals surface area contributed by atoms with Crippen molar-refractivity contribution in [1.29, 1.82) is 0 Å². The van der Waals surface area contributed by atoms with Crippen LogP contribution in [-0.2, 0) is 6.54 Å². The first kappa shape index (κ1) is 13.4. The van der Waals surface area contributed by atoms with E-state index < -0.39 is 0 Å². The molecule has 1 atom stereocenters. The van der Waals surface area contributed by atoms with E-state index in [0.29, 0.717) is 6.04 Å². The van der Waals surface area contributed by atoms with Crippen LogP contribution in [0.25, 0.3) is 0 Å². The summed E-state index contributed by atoms with van der Waals surface area (Å²) in [6, 6.07) is 17.9. The maximum absolute atomic E-state index is 3.68. The second-order valence-electron chi connectivity index (χ2n) is 5.93. The average molecular weight is 265 g/mol. The van der Waals surface area contributed by atoms with Crippen LogP contribution in [0.15, 0.2) is 48.5 Å². The Morgan fingerprint density at radius 2 is 1.75 bits per heavy atom. The highest BCUT2D eigenvalue weighted by atomic mass is 14.9. The molecule has 0 bridgehead atoms. The van der Waals surface area contributed by atoms with E-state index >= 15 is 0 Å². The largest absolute Gasteiger partial charge is 0.306 e. The smallest absolute Gasteiger partial charge is 0.0297 e. The molecule has 1 saturated carbocycles. The Bertz CT molecular complexity index is 584. The summed E-state index contributed by atoms with van der Waals surface area (Å²) in [5.74, 6) is 0.821. The van der Waals surface area contributed by atoms with Crippen molar-refractivity contribution < 1.29 is 0 Å². The van der Waals surface area contributed by atoms with Crippen LogP contribution in [0.5, 0.6) is 0 Å². The van der Waals surface area contributed by atoms with Crippen LogP contribution in [0.1, 0.15) is 54.0 Å². The van der Waals surface area contributed by atoms with E-state index in [1.807, 2.05) is 0 Å². The lowest BCUT2D eigenvalue weighted by molar-refractivity contribution is 0.570. The van der Waals surface area contributed by atoms with Gasteiger partial charge >= 0.3 is 0 Å². The highest BCUT2D eigenvalue weighted by Crippen LogP contribution is 2.41. The number of rotatable bonds is 5. The van der Waals surface area contributed by atoms with Gasteiger partial charge in [-0.25, -0.2) is 0 Å². The normalized spacial score (nSPS) is 16.1. The van der Waals surface area contributed by atoms with Gasteiger partial charge in [0.1, 0.15) is 0 Å². The molecule has 1 unspecified atom stereocenters. The molecule has 2 aromatic rings. The van der Waals surface area contributed by atoms with Crippen molar-refractivity contribution in [3.8, 4) is 0 Å². The summed E-state index contributed by atoms with van der Waals surface area (Å²) >= 11 is 0. The zero-order valence-electron chi connectivity index (χ0n) is 12.4. The Hall–Kier alpha value is -1.60. The molecule has 1 nitrogen and oxygen atoms in total. The van der Waals surface area contributed by atoms with Crippen molar-refractivity contribution in [2.45, 2.75) is 45.2 Å². The quantitative estimate of drug-likeness (QED) is 0.824. The average Bonchev–Trinajstić information content (AvgIpc) is 3.30. The molecule has 0 spiro atoms. The van der Waals surface area contributed by atoms with Crippen molar-refractivity contribution in [3.63, 3.8) is 0 Å². The second-order valence-corrected chi connectivity index (χ2v) is 5.93. The molecule has 3 rings (SSSR count). The molecule has 20 heavy (non-hydrogen) atoms. The van der Waals surface area contributed by atoms with E-state index in [4.69, 9.17) is 0 Å². The SMILES string of the molecule is Cc1ccccc1C(C)NCc1ccccc1C1CC1. The first-order valence-corrected chi connectivity index (χ1v) is 7.62. The van der Waals surface area contributed by atoms with Crippen LogP contribution in [-0.4, -0.2) is 0 Å². The van der Waals surface area contributed by atoms with Crippen molar-refractivity contribution in [3.05, 3.63) is 70.8 Å². The summed E-state index contributed by atoms with van der Waals surface area (Å²) in [5, 5.41) is 3.68. The van der Waals surface area contributed by atoms with Crippen LogP contribution in [0.4, 0.5) is 0 Å². The van der Waals surface area contributed by atoms with E-state index in [9.17, 15) is 0 Å². The Morgan fingerprint density at radius 1 is 1.05 bits per heavy atom. The van der Waals surface area contributed by atoms with Crippen LogP contribution in [0.3, 0.4) is 0 Å². The Morgan fingerprint density at radius 3 is 2.50 bits per heavy atom. The maximum Gasteiger partial charge on any atom is 0.0297 e. The third kappa shape index (κ3) is 2.94. The van der Waals surface area contributed by atoms with Gasteiger partial charge in [0.2, 0.25) is 0 Å². The van der Waals surface area contributed by atoms with Gasteiger partial charge in [0.05, 0.1) is 0 Å². The number of hydrogen-bond acceptors (Lipinski definition) is 1. The zero-order chi connectivity index (χ0) is 13.9. The van der Waals surface area contributed by atoms with Gasteiger partial charge < -0.3 is 5.32 Å². The summed E-state index contributed by atoms with van der Waals surface area (Å²) < 4.78 is 0. The molecule has 0 amide bonds. The molecule has 0 aliphatic heterocycles. The van der Waals surface area contributed by atoms with Crippen molar-refractivity contribution in [2.24, 2.45) is 0 Å². The summed E-state index contributed by atoms with van der Waals surface area (Å²) in [6.45, 7) is 5.40. The van der Waals surface area contributed by atoms with Crippen LogP contribution < -0.4 is 5.32 Å². The Labute approximate surface area is 122 Å². The fourth-order valence-corrected chi connectivity index (χ4v) is 2.93. The lowest BCUT2D eigenvalue weighted by Crippen LogP contribution is -2.19. The van der Waals surface area contributed by atoms with Gasteiger partial charge in [-0.15, -0.1) is 0 Å². The minimum absolute atomic E-state index is 0.392.